The third-order valence-corrected chi connectivity index (χ3v) is 12.8. The zero-order chi connectivity index (χ0) is 31.7. The number of nitrogens with zero attached hydrogens (tertiary/aromatic N) is 2. The Morgan fingerprint density at radius 1 is 1.02 bits per heavy atom. The van der Waals surface area contributed by atoms with Gasteiger partial charge < -0.3 is 24.9 Å². The minimum atomic E-state index is -2.99. The van der Waals surface area contributed by atoms with Crippen LogP contribution in [0.5, 0.6) is 0 Å². The molecule has 45 heavy (non-hydrogen) atoms. The standard InChI is InChI=1S/C35H39N3O6Si/c1-21-33(45(2,3)43)30(18-32(41)37-19-24-10-5-4-9-23(24)16-26(37)20-39)44-35(21)27-17-25(13-14-28(27)36-34(35)42)38-29-11-7-6-8-22(29)12-15-31(38)40/h4-11,13-14,17,21,26,30,33,39,43H,12,15-16,18-20H2,1-3H3,(H,36,42)/t21-,26-,30+,33-,35+/m0/s1. The number of rotatable bonds is 5. The smallest absolute Gasteiger partial charge is 0.261 e. The minimum absolute atomic E-state index is 0.0211. The summed E-state index contributed by atoms with van der Waals surface area (Å²) in [6, 6.07) is 20.9. The van der Waals surface area contributed by atoms with Crippen LogP contribution in [0.25, 0.3) is 0 Å². The van der Waals surface area contributed by atoms with Crippen LogP contribution in [-0.4, -0.2) is 59.6 Å². The van der Waals surface area contributed by atoms with E-state index in [1.165, 1.54) is 0 Å². The molecule has 3 N–H and O–H groups in total. The second-order valence-corrected chi connectivity index (χ2v) is 17.4. The van der Waals surface area contributed by atoms with Gasteiger partial charge in [-0.15, -0.1) is 0 Å². The second kappa shape index (κ2) is 10.9. The Hall–Kier alpha value is -3.83. The van der Waals surface area contributed by atoms with Crippen molar-refractivity contribution < 1.29 is 29.0 Å². The molecule has 0 aromatic heterocycles. The predicted molar refractivity (Wildman–Crippen MR) is 172 cm³/mol. The van der Waals surface area contributed by atoms with Crippen LogP contribution in [0.1, 0.15) is 42.0 Å². The summed E-state index contributed by atoms with van der Waals surface area (Å²) in [4.78, 5) is 56.2. The summed E-state index contributed by atoms with van der Waals surface area (Å²) in [7, 11) is -2.99. The maximum Gasteiger partial charge on any atom is 0.261 e. The average Bonchev–Trinajstić information content (AvgIpc) is 3.48. The first-order valence-electron chi connectivity index (χ1n) is 15.8. The minimum Gasteiger partial charge on any atom is -0.432 e. The SMILES string of the molecule is C[C@H]1[C@H]([Si](C)(C)O)[C@@H](CC(=O)N2Cc3ccccc3C[C@H]2CO)O[C@]12C(=O)Nc1ccc(N3C(=O)CCc4ccccc43)cc12. The first-order valence-corrected chi connectivity index (χ1v) is 18.8. The number of carbonyl (C=O) groups excluding carboxylic acids is 3. The molecule has 0 unspecified atom stereocenters. The monoisotopic (exact) mass is 625 g/mol. The molecule has 5 atom stereocenters. The van der Waals surface area contributed by atoms with Crippen molar-refractivity contribution in [3.05, 3.63) is 89.0 Å². The average molecular weight is 626 g/mol. The Labute approximate surface area is 263 Å². The van der Waals surface area contributed by atoms with E-state index in [0.29, 0.717) is 42.7 Å². The van der Waals surface area contributed by atoms with Crippen molar-refractivity contribution in [2.75, 3.05) is 16.8 Å². The number of carbonyl (C=O) groups is 3. The van der Waals surface area contributed by atoms with Gasteiger partial charge in [-0.1, -0.05) is 49.4 Å². The van der Waals surface area contributed by atoms with E-state index in [2.05, 4.69) is 5.32 Å². The highest BCUT2D eigenvalue weighted by molar-refractivity contribution is 6.71. The molecule has 4 heterocycles. The number of aryl methyl sites for hydroxylation is 1. The van der Waals surface area contributed by atoms with Gasteiger partial charge in [-0.25, -0.2) is 0 Å². The highest BCUT2D eigenvalue weighted by Crippen LogP contribution is 2.59. The normalized spacial score (nSPS) is 27.3. The van der Waals surface area contributed by atoms with Crippen LogP contribution in [0.4, 0.5) is 17.1 Å². The number of aliphatic hydroxyl groups excluding tert-OH is 1. The summed E-state index contributed by atoms with van der Waals surface area (Å²) in [6.45, 7) is 5.81. The van der Waals surface area contributed by atoms with Gasteiger partial charge in [0.05, 0.1) is 30.9 Å². The molecule has 4 aliphatic heterocycles. The number of para-hydroxylation sites is 1. The van der Waals surface area contributed by atoms with Gasteiger partial charge in [-0.2, -0.15) is 0 Å². The van der Waals surface area contributed by atoms with E-state index >= 15 is 0 Å². The van der Waals surface area contributed by atoms with Gasteiger partial charge in [0.25, 0.3) is 5.91 Å². The van der Waals surface area contributed by atoms with E-state index in [0.717, 1.165) is 22.4 Å². The maximum absolute atomic E-state index is 14.0. The van der Waals surface area contributed by atoms with Crippen LogP contribution in [0.2, 0.25) is 18.6 Å². The van der Waals surface area contributed by atoms with Gasteiger partial charge in [0.15, 0.2) is 13.9 Å². The molecule has 1 saturated heterocycles. The van der Waals surface area contributed by atoms with E-state index in [1.54, 1.807) is 9.80 Å². The fraction of sp³-hybridized carbons (Fsp3) is 0.400. The Morgan fingerprint density at radius 3 is 2.47 bits per heavy atom. The lowest BCUT2D eigenvalue weighted by atomic mass is 9.82. The van der Waals surface area contributed by atoms with E-state index in [4.69, 9.17) is 4.74 Å². The Kier molecular flexibility index (Phi) is 7.24. The number of nitrogens with one attached hydrogen (secondary N) is 1. The number of amides is 3. The molecule has 1 fully saturated rings. The summed E-state index contributed by atoms with van der Waals surface area (Å²) in [6.07, 6.45) is 0.884. The maximum atomic E-state index is 14.0. The number of hydrogen-bond donors (Lipinski definition) is 3. The van der Waals surface area contributed by atoms with E-state index < -0.39 is 31.5 Å². The number of anilines is 3. The van der Waals surface area contributed by atoms with Crippen LogP contribution in [0, 0.1) is 5.92 Å². The quantitative estimate of drug-likeness (QED) is 0.362. The topological polar surface area (TPSA) is 119 Å². The molecule has 10 heteroatoms. The zero-order valence-electron chi connectivity index (χ0n) is 25.8. The zero-order valence-corrected chi connectivity index (χ0v) is 26.8. The fourth-order valence-electron chi connectivity index (χ4n) is 8.27. The lowest BCUT2D eigenvalue weighted by Gasteiger charge is -2.37. The molecule has 1 spiro atoms. The van der Waals surface area contributed by atoms with Crippen molar-refractivity contribution in [1.82, 2.24) is 4.90 Å². The summed E-state index contributed by atoms with van der Waals surface area (Å²) in [5.74, 6) is -0.972. The van der Waals surface area contributed by atoms with Crippen LogP contribution >= 0.6 is 0 Å². The van der Waals surface area contributed by atoms with Gasteiger partial charge in [0.2, 0.25) is 11.8 Å². The molecule has 3 amide bonds. The Balaban J connectivity index is 1.24. The Bertz CT molecular complexity index is 1700. The number of benzene rings is 3. The van der Waals surface area contributed by atoms with Crippen molar-refractivity contribution in [2.45, 2.75) is 75.5 Å². The number of fused-ring (bicyclic) bond motifs is 4. The molecule has 9 nitrogen and oxygen atoms in total. The first-order chi connectivity index (χ1) is 21.5. The number of hydrogen-bond acceptors (Lipinski definition) is 6. The third kappa shape index (κ3) is 4.73. The van der Waals surface area contributed by atoms with Crippen molar-refractivity contribution in [2.24, 2.45) is 5.92 Å². The van der Waals surface area contributed by atoms with E-state index in [9.17, 15) is 24.3 Å². The molecule has 0 radical (unpaired) electrons. The summed E-state index contributed by atoms with van der Waals surface area (Å²) >= 11 is 0. The van der Waals surface area contributed by atoms with Gasteiger partial charge in [0, 0.05) is 41.4 Å². The van der Waals surface area contributed by atoms with Crippen LogP contribution in [-0.2, 0) is 44.1 Å². The second-order valence-electron chi connectivity index (χ2n) is 13.4. The highest BCUT2D eigenvalue weighted by atomic mass is 28.4. The molecular formula is C35H39N3O6Si. The van der Waals surface area contributed by atoms with Gasteiger partial charge in [0.1, 0.15) is 0 Å². The van der Waals surface area contributed by atoms with Gasteiger partial charge >= 0.3 is 0 Å². The first kappa shape index (κ1) is 29.9. The summed E-state index contributed by atoms with van der Waals surface area (Å²) in [5, 5.41) is 13.2. The summed E-state index contributed by atoms with van der Waals surface area (Å²) in [5.41, 5.74) is 4.08. The largest absolute Gasteiger partial charge is 0.432 e. The van der Waals surface area contributed by atoms with Crippen molar-refractivity contribution >= 4 is 43.1 Å². The predicted octanol–water partition coefficient (Wildman–Crippen LogP) is 4.38. The molecule has 234 valence electrons. The van der Waals surface area contributed by atoms with Crippen molar-refractivity contribution in [1.29, 1.82) is 0 Å². The van der Waals surface area contributed by atoms with Gasteiger partial charge in [-0.05, 0) is 66.9 Å². The van der Waals surface area contributed by atoms with Crippen molar-refractivity contribution in [3.8, 4) is 0 Å². The lowest BCUT2D eigenvalue weighted by Crippen LogP contribution is -2.48. The van der Waals surface area contributed by atoms with Crippen LogP contribution < -0.4 is 10.2 Å². The lowest BCUT2D eigenvalue weighted by molar-refractivity contribution is -0.149. The summed E-state index contributed by atoms with van der Waals surface area (Å²) < 4.78 is 6.79. The molecule has 0 aliphatic carbocycles. The molecular weight excluding hydrogens is 586 g/mol. The fourth-order valence-corrected chi connectivity index (χ4v) is 10.8. The molecule has 3 aromatic carbocycles. The molecule has 0 saturated carbocycles. The molecule has 4 aliphatic rings. The van der Waals surface area contributed by atoms with Crippen LogP contribution in [0.3, 0.4) is 0 Å². The van der Waals surface area contributed by atoms with Crippen molar-refractivity contribution in [3.63, 3.8) is 0 Å². The third-order valence-electron chi connectivity index (χ3n) is 10.3. The molecule has 3 aromatic rings. The van der Waals surface area contributed by atoms with Gasteiger partial charge in [-0.3, -0.25) is 19.3 Å². The van der Waals surface area contributed by atoms with E-state index in [-0.39, 0.29) is 36.8 Å². The molecule has 0 bridgehead atoms. The van der Waals surface area contributed by atoms with E-state index in [1.807, 2.05) is 86.7 Å². The highest BCUT2D eigenvalue weighted by Gasteiger charge is 2.65. The number of ether oxygens (including phenoxy) is 1. The van der Waals surface area contributed by atoms with Crippen LogP contribution in [0.15, 0.2) is 66.7 Å². The Morgan fingerprint density at radius 2 is 1.73 bits per heavy atom. The number of aliphatic hydroxyl groups is 1. The molecule has 7 rings (SSSR count).